The summed E-state index contributed by atoms with van der Waals surface area (Å²) in [7, 11) is 0. The highest BCUT2D eigenvalue weighted by atomic mass is 19.1. The minimum Gasteiger partial charge on any atom is -0.451 e. The smallest absolute Gasteiger partial charge is 0.237 e. The van der Waals surface area contributed by atoms with Crippen molar-refractivity contribution in [3.8, 4) is 23.6 Å². The van der Waals surface area contributed by atoms with E-state index in [1.807, 2.05) is 0 Å². The monoisotopic (exact) mass is 282 g/mol. The van der Waals surface area contributed by atoms with Gasteiger partial charge < -0.3 is 4.74 Å². The number of halogens is 1. The SMILES string of the molecule is N#CC(C#N)=NNc1ccc(Oc2cncnc2)c(F)c1. The number of aromatic nitrogens is 2. The Kier molecular flexibility index (Phi) is 4.36. The van der Waals surface area contributed by atoms with Gasteiger partial charge in [0.2, 0.25) is 5.71 Å². The first-order chi connectivity index (χ1) is 10.2. The Morgan fingerprint density at radius 3 is 2.57 bits per heavy atom. The molecule has 0 aliphatic rings. The summed E-state index contributed by atoms with van der Waals surface area (Å²) in [6.07, 6.45) is 4.13. The molecule has 0 radical (unpaired) electrons. The molecule has 102 valence electrons. The highest BCUT2D eigenvalue weighted by Crippen LogP contribution is 2.25. The molecule has 0 aliphatic carbocycles. The number of hydrazone groups is 1. The summed E-state index contributed by atoms with van der Waals surface area (Å²) in [6, 6.07) is 7.13. The van der Waals surface area contributed by atoms with Gasteiger partial charge in [-0.15, -0.1) is 0 Å². The maximum Gasteiger partial charge on any atom is 0.237 e. The first kappa shape index (κ1) is 13.9. The second kappa shape index (κ2) is 6.59. The molecule has 21 heavy (non-hydrogen) atoms. The van der Waals surface area contributed by atoms with Gasteiger partial charge in [-0.1, -0.05) is 0 Å². The van der Waals surface area contributed by atoms with E-state index in [2.05, 4.69) is 20.5 Å². The number of ether oxygens (including phenoxy) is 1. The highest BCUT2D eigenvalue weighted by molar-refractivity contribution is 6.10. The van der Waals surface area contributed by atoms with E-state index in [1.54, 1.807) is 12.1 Å². The number of benzene rings is 1. The maximum absolute atomic E-state index is 13.8. The zero-order chi connectivity index (χ0) is 15.1. The Labute approximate surface area is 119 Å². The average Bonchev–Trinajstić information content (AvgIpc) is 2.52. The van der Waals surface area contributed by atoms with Gasteiger partial charge >= 0.3 is 0 Å². The molecule has 0 aliphatic heterocycles. The minimum atomic E-state index is -0.644. The number of hydrogen-bond acceptors (Lipinski definition) is 7. The van der Waals surface area contributed by atoms with Crippen molar-refractivity contribution >= 4 is 11.4 Å². The van der Waals surface area contributed by atoms with Gasteiger partial charge in [0.1, 0.15) is 18.5 Å². The lowest BCUT2D eigenvalue weighted by Gasteiger charge is -2.07. The lowest BCUT2D eigenvalue weighted by molar-refractivity contribution is 0.439. The van der Waals surface area contributed by atoms with Gasteiger partial charge in [-0.25, -0.2) is 14.4 Å². The number of rotatable bonds is 4. The van der Waals surface area contributed by atoms with Crippen LogP contribution in [0.25, 0.3) is 0 Å². The number of nitrogens with zero attached hydrogens (tertiary/aromatic N) is 5. The molecule has 1 aromatic heterocycles. The standard InChI is InChI=1S/C13H7FN6O/c14-12-3-9(19-20-10(4-15)5-16)1-2-13(12)21-11-6-17-8-18-7-11/h1-3,6-8,19H. The van der Waals surface area contributed by atoms with Gasteiger partial charge in [0.05, 0.1) is 18.1 Å². The van der Waals surface area contributed by atoms with Crippen LogP contribution < -0.4 is 10.2 Å². The van der Waals surface area contributed by atoms with E-state index in [9.17, 15) is 4.39 Å². The molecule has 0 saturated heterocycles. The molecule has 0 saturated carbocycles. The van der Waals surface area contributed by atoms with E-state index in [-0.39, 0.29) is 17.1 Å². The van der Waals surface area contributed by atoms with Gasteiger partial charge in [-0.3, -0.25) is 5.43 Å². The lowest BCUT2D eigenvalue weighted by Crippen LogP contribution is -1.97. The summed E-state index contributed by atoms with van der Waals surface area (Å²) in [5.74, 6) is -0.360. The Balaban J connectivity index is 2.13. The molecular weight excluding hydrogens is 275 g/mol. The van der Waals surface area contributed by atoms with E-state index in [4.69, 9.17) is 15.3 Å². The fourth-order valence-electron chi connectivity index (χ4n) is 1.31. The van der Waals surface area contributed by atoms with Crippen LogP contribution in [-0.4, -0.2) is 15.7 Å². The predicted octanol–water partition coefficient (Wildman–Crippen LogP) is 2.22. The van der Waals surface area contributed by atoms with Crippen molar-refractivity contribution in [3.63, 3.8) is 0 Å². The summed E-state index contributed by atoms with van der Waals surface area (Å²) in [5, 5.41) is 20.5. The molecule has 1 N–H and O–H groups in total. The van der Waals surface area contributed by atoms with Crippen molar-refractivity contribution in [2.75, 3.05) is 5.43 Å². The van der Waals surface area contributed by atoms with Crippen LogP contribution in [0.5, 0.6) is 11.5 Å². The molecule has 0 atom stereocenters. The molecule has 8 heteroatoms. The van der Waals surface area contributed by atoms with Crippen LogP contribution in [0.4, 0.5) is 10.1 Å². The molecule has 0 amide bonds. The first-order valence-corrected chi connectivity index (χ1v) is 5.59. The zero-order valence-electron chi connectivity index (χ0n) is 10.5. The highest BCUT2D eigenvalue weighted by Gasteiger charge is 2.06. The van der Waals surface area contributed by atoms with Gasteiger partial charge in [-0.05, 0) is 12.1 Å². The molecular formula is C13H7FN6O. The molecule has 0 fully saturated rings. The van der Waals surface area contributed by atoms with E-state index < -0.39 is 5.82 Å². The topological polar surface area (TPSA) is 107 Å². The Bertz CT molecular complexity index is 731. The van der Waals surface area contributed by atoms with Crippen LogP contribution >= 0.6 is 0 Å². The van der Waals surface area contributed by atoms with Crippen molar-refractivity contribution in [2.45, 2.75) is 0 Å². The lowest BCUT2D eigenvalue weighted by atomic mass is 10.3. The van der Waals surface area contributed by atoms with Gasteiger partial charge in [0, 0.05) is 6.07 Å². The maximum atomic E-state index is 13.8. The fourth-order valence-corrected chi connectivity index (χ4v) is 1.31. The van der Waals surface area contributed by atoms with E-state index in [0.717, 1.165) is 6.07 Å². The number of hydrogen-bond donors (Lipinski definition) is 1. The Hall–Kier alpha value is -3.52. The third kappa shape index (κ3) is 3.72. The molecule has 7 nitrogen and oxygen atoms in total. The molecule has 2 rings (SSSR count). The Morgan fingerprint density at radius 2 is 1.95 bits per heavy atom. The van der Waals surface area contributed by atoms with E-state index in [1.165, 1.54) is 30.9 Å². The summed E-state index contributed by atoms with van der Waals surface area (Å²) >= 11 is 0. The van der Waals surface area contributed by atoms with E-state index in [0.29, 0.717) is 5.75 Å². The van der Waals surface area contributed by atoms with Crippen LogP contribution in [-0.2, 0) is 0 Å². The van der Waals surface area contributed by atoms with Crippen molar-refractivity contribution < 1.29 is 9.13 Å². The van der Waals surface area contributed by atoms with Crippen LogP contribution in [0.1, 0.15) is 0 Å². The average molecular weight is 282 g/mol. The largest absolute Gasteiger partial charge is 0.451 e. The molecule has 1 heterocycles. The van der Waals surface area contributed by atoms with Crippen LogP contribution in [0, 0.1) is 28.5 Å². The molecule has 2 aromatic rings. The van der Waals surface area contributed by atoms with Crippen molar-refractivity contribution in [2.24, 2.45) is 5.10 Å². The summed E-state index contributed by atoms with van der Waals surface area (Å²) < 4.78 is 19.1. The van der Waals surface area contributed by atoms with Crippen LogP contribution in [0.15, 0.2) is 42.0 Å². The van der Waals surface area contributed by atoms with Gasteiger partial charge in [0.15, 0.2) is 17.3 Å². The van der Waals surface area contributed by atoms with Gasteiger partial charge in [0.25, 0.3) is 0 Å². The fraction of sp³-hybridized carbons (Fsp3) is 0. The predicted molar refractivity (Wildman–Crippen MR) is 70.8 cm³/mol. The summed E-state index contributed by atoms with van der Waals surface area (Å²) in [5.41, 5.74) is 2.31. The van der Waals surface area contributed by atoms with Gasteiger partial charge in [-0.2, -0.15) is 15.6 Å². The summed E-state index contributed by atoms with van der Waals surface area (Å²) in [4.78, 5) is 7.49. The quantitative estimate of drug-likeness (QED) is 0.680. The Morgan fingerprint density at radius 1 is 1.24 bits per heavy atom. The van der Waals surface area contributed by atoms with Crippen LogP contribution in [0.2, 0.25) is 0 Å². The zero-order valence-corrected chi connectivity index (χ0v) is 10.5. The minimum absolute atomic E-state index is 0.0138. The second-order valence-corrected chi connectivity index (χ2v) is 3.62. The molecule has 0 spiro atoms. The molecule has 0 unspecified atom stereocenters. The number of nitriles is 2. The second-order valence-electron chi connectivity index (χ2n) is 3.62. The normalized spacial score (nSPS) is 9.10. The third-order valence-electron chi connectivity index (χ3n) is 2.21. The third-order valence-corrected chi connectivity index (χ3v) is 2.21. The van der Waals surface area contributed by atoms with Crippen LogP contribution in [0.3, 0.4) is 0 Å². The summed E-state index contributed by atoms with van der Waals surface area (Å²) in [6.45, 7) is 0. The molecule has 0 bridgehead atoms. The van der Waals surface area contributed by atoms with Crippen molar-refractivity contribution in [3.05, 3.63) is 42.7 Å². The number of anilines is 1. The van der Waals surface area contributed by atoms with Crippen molar-refractivity contribution in [1.29, 1.82) is 10.5 Å². The molecule has 1 aromatic carbocycles. The number of nitrogens with one attached hydrogen (secondary N) is 1. The van der Waals surface area contributed by atoms with Crippen molar-refractivity contribution in [1.82, 2.24) is 9.97 Å². The van der Waals surface area contributed by atoms with E-state index >= 15 is 0 Å². The first-order valence-electron chi connectivity index (χ1n) is 5.59.